The highest BCUT2D eigenvalue weighted by Gasteiger charge is 2.48. The second kappa shape index (κ2) is 5.09. The largest absolute Gasteiger partial charge is 0.388 e. The third kappa shape index (κ3) is 2.47. The van der Waals surface area contributed by atoms with Gasteiger partial charge in [0.1, 0.15) is 18.3 Å². The van der Waals surface area contributed by atoms with Gasteiger partial charge in [-0.1, -0.05) is 17.7 Å². The van der Waals surface area contributed by atoms with Gasteiger partial charge in [0, 0.05) is 0 Å². The molecule has 7 heteroatoms. The number of ether oxygens (including phenoxy) is 2. The maximum Gasteiger partial charge on any atom is 0.240 e. The van der Waals surface area contributed by atoms with E-state index in [1.165, 1.54) is 0 Å². The molecule has 2 aliphatic heterocycles. The van der Waals surface area contributed by atoms with Crippen molar-refractivity contribution in [3.8, 4) is 0 Å². The van der Waals surface area contributed by atoms with E-state index in [0.717, 1.165) is 5.56 Å². The molecule has 3 rings (SSSR count). The van der Waals surface area contributed by atoms with Crippen LogP contribution in [-0.2, 0) is 19.5 Å². The van der Waals surface area contributed by atoms with E-state index in [1.54, 1.807) is 24.3 Å². The van der Waals surface area contributed by atoms with E-state index in [2.05, 4.69) is 4.72 Å². The van der Waals surface area contributed by atoms with Crippen LogP contribution >= 0.6 is 0 Å². The van der Waals surface area contributed by atoms with Gasteiger partial charge < -0.3 is 14.6 Å². The summed E-state index contributed by atoms with van der Waals surface area (Å²) in [7, 11) is -3.61. The molecule has 20 heavy (non-hydrogen) atoms. The van der Waals surface area contributed by atoms with Gasteiger partial charge in [0.05, 0.1) is 24.2 Å². The topological polar surface area (TPSA) is 84.9 Å². The normalized spacial score (nSPS) is 33.3. The minimum atomic E-state index is -3.61. The summed E-state index contributed by atoms with van der Waals surface area (Å²) in [5, 5.41) is 9.64. The van der Waals surface area contributed by atoms with E-state index < -0.39 is 34.4 Å². The Labute approximate surface area is 117 Å². The van der Waals surface area contributed by atoms with Crippen LogP contribution in [0.3, 0.4) is 0 Å². The average Bonchev–Trinajstić information content (AvgIpc) is 2.95. The smallest absolute Gasteiger partial charge is 0.240 e. The molecule has 2 aliphatic rings. The quantitative estimate of drug-likeness (QED) is 0.807. The van der Waals surface area contributed by atoms with E-state index in [9.17, 15) is 13.5 Å². The lowest BCUT2D eigenvalue weighted by Crippen LogP contribution is -2.44. The predicted octanol–water partition coefficient (Wildman–Crippen LogP) is -0.200. The van der Waals surface area contributed by atoms with Gasteiger partial charge in [-0.25, -0.2) is 13.1 Å². The molecule has 0 aliphatic carbocycles. The molecule has 2 heterocycles. The summed E-state index contributed by atoms with van der Waals surface area (Å²) in [6.45, 7) is 2.28. The van der Waals surface area contributed by atoms with Crippen molar-refractivity contribution in [3.05, 3.63) is 29.8 Å². The Bertz CT molecular complexity index is 585. The number of aryl methyl sites for hydroxylation is 1. The number of rotatable bonds is 3. The Balaban J connectivity index is 1.76. The highest BCUT2D eigenvalue weighted by Crippen LogP contribution is 2.27. The number of nitrogens with one attached hydrogen (secondary N) is 1. The van der Waals surface area contributed by atoms with Crippen molar-refractivity contribution in [3.63, 3.8) is 0 Å². The van der Waals surface area contributed by atoms with Crippen LogP contribution in [0, 0.1) is 6.92 Å². The van der Waals surface area contributed by atoms with Crippen LogP contribution in [-0.4, -0.2) is 51.1 Å². The van der Waals surface area contributed by atoms with Gasteiger partial charge >= 0.3 is 0 Å². The summed E-state index contributed by atoms with van der Waals surface area (Å²) >= 11 is 0. The Morgan fingerprint density at radius 2 is 1.80 bits per heavy atom. The average molecular weight is 299 g/mol. The molecule has 1 aromatic rings. The van der Waals surface area contributed by atoms with Gasteiger partial charge in [-0.3, -0.25) is 0 Å². The molecule has 0 radical (unpaired) electrons. The summed E-state index contributed by atoms with van der Waals surface area (Å²) in [6.07, 6.45) is -1.56. The number of aliphatic hydroxyl groups excluding tert-OH is 1. The molecule has 2 N–H and O–H groups in total. The molecule has 2 fully saturated rings. The summed E-state index contributed by atoms with van der Waals surface area (Å²) in [4.78, 5) is 0.213. The van der Waals surface area contributed by atoms with Crippen molar-refractivity contribution in [2.24, 2.45) is 0 Å². The molecule has 1 aromatic carbocycles. The molecule has 0 saturated carbocycles. The van der Waals surface area contributed by atoms with Gasteiger partial charge in [0.25, 0.3) is 0 Å². The van der Waals surface area contributed by atoms with Crippen LogP contribution in [0.25, 0.3) is 0 Å². The van der Waals surface area contributed by atoms with Crippen molar-refractivity contribution >= 4 is 10.0 Å². The van der Waals surface area contributed by atoms with Gasteiger partial charge in [-0.2, -0.15) is 0 Å². The zero-order valence-electron chi connectivity index (χ0n) is 11.0. The summed E-state index contributed by atoms with van der Waals surface area (Å²) in [6, 6.07) is 6.16. The highest BCUT2D eigenvalue weighted by molar-refractivity contribution is 7.89. The maximum absolute atomic E-state index is 12.3. The van der Waals surface area contributed by atoms with E-state index in [1.807, 2.05) is 6.92 Å². The third-order valence-electron chi connectivity index (χ3n) is 3.67. The molecule has 0 bridgehead atoms. The molecule has 0 unspecified atom stereocenters. The van der Waals surface area contributed by atoms with Crippen LogP contribution < -0.4 is 4.72 Å². The second-order valence-electron chi connectivity index (χ2n) is 5.20. The van der Waals surface area contributed by atoms with Crippen molar-refractivity contribution in [1.29, 1.82) is 0 Å². The standard InChI is InChI=1S/C13H17NO5S/c1-8-2-4-9(5-3-8)20(16,17)14-10-6-18-13-11(15)7-19-12(10)13/h2-5,10-15H,6-7H2,1H3/t10-,11-,12-,13+/m1/s1. The van der Waals surface area contributed by atoms with E-state index in [-0.39, 0.29) is 18.1 Å². The number of hydrogen-bond acceptors (Lipinski definition) is 5. The molecular weight excluding hydrogens is 282 g/mol. The van der Waals surface area contributed by atoms with Crippen LogP contribution in [0.15, 0.2) is 29.2 Å². The predicted molar refractivity (Wildman–Crippen MR) is 70.8 cm³/mol. The Kier molecular flexibility index (Phi) is 3.55. The van der Waals surface area contributed by atoms with Gasteiger partial charge in [-0.05, 0) is 19.1 Å². The Morgan fingerprint density at radius 1 is 1.15 bits per heavy atom. The monoisotopic (exact) mass is 299 g/mol. The fraction of sp³-hybridized carbons (Fsp3) is 0.538. The summed E-state index contributed by atoms with van der Waals surface area (Å²) in [5.41, 5.74) is 0.996. The first-order chi connectivity index (χ1) is 9.47. The molecule has 2 saturated heterocycles. The first-order valence-electron chi connectivity index (χ1n) is 6.48. The van der Waals surface area contributed by atoms with Crippen LogP contribution in [0.4, 0.5) is 0 Å². The SMILES string of the molecule is Cc1ccc(S(=O)(=O)N[C@@H]2CO[C@@H]3[C@@H]2OC[C@H]3O)cc1. The Hall–Kier alpha value is -0.990. The summed E-state index contributed by atoms with van der Waals surface area (Å²) < 4.78 is 38.0. The van der Waals surface area contributed by atoms with Gasteiger partial charge in [0.2, 0.25) is 10.0 Å². The van der Waals surface area contributed by atoms with E-state index in [4.69, 9.17) is 9.47 Å². The molecular formula is C13H17NO5S. The van der Waals surface area contributed by atoms with Crippen molar-refractivity contribution < 1.29 is 23.0 Å². The van der Waals surface area contributed by atoms with E-state index in [0.29, 0.717) is 0 Å². The summed E-state index contributed by atoms with van der Waals surface area (Å²) in [5.74, 6) is 0. The van der Waals surface area contributed by atoms with Gasteiger partial charge in [0.15, 0.2) is 0 Å². The maximum atomic E-state index is 12.3. The zero-order chi connectivity index (χ0) is 14.3. The first kappa shape index (κ1) is 14.0. The van der Waals surface area contributed by atoms with Crippen molar-refractivity contribution in [2.75, 3.05) is 13.2 Å². The lowest BCUT2D eigenvalue weighted by molar-refractivity contribution is 0.0181. The molecule has 110 valence electrons. The van der Waals surface area contributed by atoms with Gasteiger partial charge in [-0.15, -0.1) is 0 Å². The fourth-order valence-corrected chi connectivity index (χ4v) is 3.80. The number of hydrogen-bond donors (Lipinski definition) is 2. The lowest BCUT2D eigenvalue weighted by atomic mass is 10.1. The Morgan fingerprint density at radius 3 is 2.50 bits per heavy atom. The number of aliphatic hydroxyl groups is 1. The number of sulfonamides is 1. The molecule has 4 atom stereocenters. The third-order valence-corrected chi connectivity index (χ3v) is 5.17. The molecule has 0 aromatic heterocycles. The number of fused-ring (bicyclic) bond motifs is 1. The van der Waals surface area contributed by atoms with Crippen molar-refractivity contribution in [2.45, 2.75) is 36.2 Å². The second-order valence-corrected chi connectivity index (χ2v) is 6.92. The van der Waals surface area contributed by atoms with Crippen LogP contribution in [0.5, 0.6) is 0 Å². The number of benzene rings is 1. The molecule has 0 amide bonds. The fourth-order valence-electron chi connectivity index (χ4n) is 2.56. The van der Waals surface area contributed by atoms with Crippen molar-refractivity contribution in [1.82, 2.24) is 4.72 Å². The van der Waals surface area contributed by atoms with E-state index >= 15 is 0 Å². The zero-order valence-corrected chi connectivity index (χ0v) is 11.8. The van der Waals surface area contributed by atoms with Crippen LogP contribution in [0.2, 0.25) is 0 Å². The minimum absolute atomic E-state index is 0.179. The highest BCUT2D eigenvalue weighted by atomic mass is 32.2. The molecule has 0 spiro atoms. The first-order valence-corrected chi connectivity index (χ1v) is 7.96. The molecule has 6 nitrogen and oxygen atoms in total. The minimum Gasteiger partial charge on any atom is -0.388 e. The van der Waals surface area contributed by atoms with Crippen LogP contribution in [0.1, 0.15) is 5.56 Å². The lowest BCUT2D eigenvalue weighted by Gasteiger charge is -2.17.